The molecule has 0 aliphatic heterocycles. The van der Waals surface area contributed by atoms with Crippen LogP contribution in [0.1, 0.15) is 42.5 Å². The van der Waals surface area contributed by atoms with Gasteiger partial charge < -0.3 is 15.5 Å². The van der Waals surface area contributed by atoms with E-state index in [1.54, 1.807) is 12.4 Å². The third-order valence-corrected chi connectivity index (χ3v) is 7.18. The second-order valence-electron chi connectivity index (χ2n) is 8.40. The molecular formula is C23H26N4O3S. The van der Waals surface area contributed by atoms with Crippen molar-refractivity contribution in [3.05, 3.63) is 52.9 Å². The molecule has 1 fully saturated rings. The Kier molecular flexibility index (Phi) is 5.77. The molecule has 3 N–H and O–H groups in total. The van der Waals surface area contributed by atoms with Crippen molar-refractivity contribution in [3.8, 4) is 10.4 Å². The third kappa shape index (κ3) is 4.45. The number of nitrogens with zero attached hydrogens (tertiary/aromatic N) is 3. The number of rotatable bonds is 5. The number of benzene rings is 1. The second-order valence-corrected chi connectivity index (χ2v) is 9.43. The van der Waals surface area contributed by atoms with Crippen molar-refractivity contribution < 1.29 is 15.0 Å². The molecule has 3 aromatic rings. The topological polar surface area (TPSA) is 108 Å². The van der Waals surface area contributed by atoms with Crippen LogP contribution >= 0.6 is 11.3 Å². The van der Waals surface area contributed by atoms with Crippen LogP contribution in [-0.4, -0.2) is 31.1 Å². The van der Waals surface area contributed by atoms with E-state index in [4.69, 9.17) is 0 Å². The normalized spacial score (nSPS) is 23.5. The zero-order valence-electron chi connectivity index (χ0n) is 17.8. The van der Waals surface area contributed by atoms with Crippen LogP contribution in [0.5, 0.6) is 0 Å². The number of hydrogen-bond donors (Lipinski definition) is 3. The number of carbonyl (C=O) groups is 1. The molecule has 1 aromatic carbocycles. The first-order valence-corrected chi connectivity index (χ1v) is 11.2. The summed E-state index contributed by atoms with van der Waals surface area (Å²) in [6, 6.07) is 7.97. The predicted molar refractivity (Wildman–Crippen MR) is 120 cm³/mol. The molecular weight excluding hydrogens is 412 g/mol. The molecule has 8 heteroatoms. The SMILES string of the molecule is Cc1cc(Nc2nccc(C)n2)cc(-c2cnc(C3(O)CCC(C(=O)O)CC3C)s2)c1. The van der Waals surface area contributed by atoms with Gasteiger partial charge in [-0.05, 0) is 68.4 Å². The zero-order chi connectivity index (χ0) is 22.2. The summed E-state index contributed by atoms with van der Waals surface area (Å²) in [5, 5.41) is 24.5. The standard InChI is InChI=1S/C23H26N4O3S/c1-13-8-17(11-18(9-13)27-22-24-7-5-15(3)26-22)19-12-25-21(31-19)23(30)6-4-16(20(28)29)10-14(23)2/h5,7-9,11-12,14,16,30H,4,6,10H2,1-3H3,(H,28,29)(H,24,26,27). The summed E-state index contributed by atoms with van der Waals surface area (Å²) >= 11 is 1.46. The molecule has 3 atom stereocenters. The van der Waals surface area contributed by atoms with Crippen molar-refractivity contribution in [2.75, 3.05) is 5.32 Å². The maximum absolute atomic E-state index is 11.3. The van der Waals surface area contributed by atoms with Gasteiger partial charge in [-0.3, -0.25) is 4.79 Å². The molecule has 0 bridgehead atoms. The average molecular weight is 439 g/mol. The number of carboxylic acids is 1. The summed E-state index contributed by atoms with van der Waals surface area (Å²) in [7, 11) is 0. The number of aromatic nitrogens is 3. The number of aliphatic hydroxyl groups is 1. The monoisotopic (exact) mass is 438 g/mol. The fraction of sp³-hybridized carbons (Fsp3) is 0.391. The lowest BCUT2D eigenvalue weighted by atomic mass is 9.72. The summed E-state index contributed by atoms with van der Waals surface area (Å²) in [4.78, 5) is 25.5. The van der Waals surface area contributed by atoms with Gasteiger partial charge in [0, 0.05) is 23.8 Å². The van der Waals surface area contributed by atoms with Crippen LogP contribution in [0.25, 0.3) is 10.4 Å². The molecule has 1 aliphatic rings. The third-order valence-electron chi connectivity index (χ3n) is 5.97. The number of nitrogens with one attached hydrogen (secondary N) is 1. The van der Waals surface area contributed by atoms with E-state index in [1.165, 1.54) is 11.3 Å². The van der Waals surface area contributed by atoms with Gasteiger partial charge >= 0.3 is 5.97 Å². The molecule has 162 valence electrons. The molecule has 1 saturated carbocycles. The maximum atomic E-state index is 11.3. The van der Waals surface area contributed by atoms with Crippen molar-refractivity contribution in [1.82, 2.24) is 15.0 Å². The van der Waals surface area contributed by atoms with E-state index in [0.29, 0.717) is 30.2 Å². The first-order valence-electron chi connectivity index (χ1n) is 10.3. The van der Waals surface area contributed by atoms with Gasteiger partial charge in [-0.1, -0.05) is 13.0 Å². The molecule has 0 spiro atoms. The fourth-order valence-corrected chi connectivity index (χ4v) is 5.30. The summed E-state index contributed by atoms with van der Waals surface area (Å²) in [5.74, 6) is -0.815. The Balaban J connectivity index is 1.59. The number of carboxylic acid groups (broad SMARTS) is 1. The van der Waals surface area contributed by atoms with Crippen molar-refractivity contribution in [2.45, 2.75) is 45.6 Å². The first kappa shape index (κ1) is 21.4. The first-order chi connectivity index (χ1) is 14.7. The van der Waals surface area contributed by atoms with Crippen LogP contribution in [0.3, 0.4) is 0 Å². The van der Waals surface area contributed by atoms with Gasteiger partial charge in [0.25, 0.3) is 0 Å². The molecule has 2 heterocycles. The Hall–Kier alpha value is -2.84. The van der Waals surface area contributed by atoms with Crippen LogP contribution in [0.15, 0.2) is 36.7 Å². The summed E-state index contributed by atoms with van der Waals surface area (Å²) in [5.41, 5.74) is 2.75. The van der Waals surface area contributed by atoms with Crippen LogP contribution in [0, 0.1) is 25.7 Å². The number of hydrogen-bond acceptors (Lipinski definition) is 7. The van der Waals surface area contributed by atoms with Crippen molar-refractivity contribution in [3.63, 3.8) is 0 Å². The van der Waals surface area contributed by atoms with Gasteiger partial charge in [0.15, 0.2) is 0 Å². The second kappa shape index (κ2) is 8.36. The smallest absolute Gasteiger partial charge is 0.306 e. The lowest BCUT2D eigenvalue weighted by Gasteiger charge is -2.38. The molecule has 31 heavy (non-hydrogen) atoms. The molecule has 2 aromatic heterocycles. The van der Waals surface area contributed by atoms with E-state index in [0.717, 1.165) is 27.4 Å². The summed E-state index contributed by atoms with van der Waals surface area (Å²) in [6.07, 6.45) is 4.83. The molecule has 3 unspecified atom stereocenters. The molecule has 0 radical (unpaired) electrons. The summed E-state index contributed by atoms with van der Waals surface area (Å²) < 4.78 is 0. The van der Waals surface area contributed by atoms with E-state index < -0.39 is 17.5 Å². The average Bonchev–Trinajstić information content (AvgIpc) is 3.20. The lowest BCUT2D eigenvalue weighted by molar-refractivity contribution is -0.147. The fourth-order valence-electron chi connectivity index (χ4n) is 4.17. The molecule has 4 rings (SSSR count). The van der Waals surface area contributed by atoms with Gasteiger partial charge in [0.2, 0.25) is 5.95 Å². The Labute approximate surface area is 185 Å². The Bertz CT molecular complexity index is 1120. The van der Waals surface area contributed by atoms with Crippen LogP contribution in [0.2, 0.25) is 0 Å². The minimum Gasteiger partial charge on any atom is -0.481 e. The highest BCUT2D eigenvalue weighted by molar-refractivity contribution is 7.15. The van der Waals surface area contributed by atoms with Gasteiger partial charge in [-0.25, -0.2) is 15.0 Å². The maximum Gasteiger partial charge on any atom is 0.306 e. The highest BCUT2D eigenvalue weighted by Crippen LogP contribution is 2.46. The van der Waals surface area contributed by atoms with Crippen molar-refractivity contribution >= 4 is 28.9 Å². The van der Waals surface area contributed by atoms with Crippen LogP contribution in [0.4, 0.5) is 11.6 Å². The summed E-state index contributed by atoms with van der Waals surface area (Å²) in [6.45, 7) is 5.85. The van der Waals surface area contributed by atoms with Gasteiger partial charge in [-0.15, -0.1) is 11.3 Å². The van der Waals surface area contributed by atoms with Crippen molar-refractivity contribution in [2.24, 2.45) is 11.8 Å². The Morgan fingerprint density at radius 1 is 1.26 bits per heavy atom. The van der Waals surface area contributed by atoms with E-state index in [9.17, 15) is 15.0 Å². The van der Waals surface area contributed by atoms with Crippen molar-refractivity contribution in [1.29, 1.82) is 0 Å². The quantitative estimate of drug-likeness (QED) is 0.531. The van der Waals surface area contributed by atoms with Crippen LogP contribution < -0.4 is 5.32 Å². The Morgan fingerprint density at radius 2 is 2.06 bits per heavy atom. The highest BCUT2D eigenvalue weighted by atomic mass is 32.1. The van der Waals surface area contributed by atoms with E-state index in [1.807, 2.05) is 39.0 Å². The predicted octanol–water partition coefficient (Wildman–Crippen LogP) is 4.67. The van der Waals surface area contributed by atoms with Gasteiger partial charge in [0.1, 0.15) is 10.6 Å². The number of aliphatic carboxylic acids is 1. The van der Waals surface area contributed by atoms with Gasteiger partial charge in [-0.2, -0.15) is 0 Å². The molecule has 1 aliphatic carbocycles. The van der Waals surface area contributed by atoms with Crippen LogP contribution in [-0.2, 0) is 10.4 Å². The number of thiazole rings is 1. The Morgan fingerprint density at radius 3 is 2.77 bits per heavy atom. The number of aryl methyl sites for hydroxylation is 2. The zero-order valence-corrected chi connectivity index (χ0v) is 18.6. The molecule has 0 saturated heterocycles. The van der Waals surface area contributed by atoms with E-state index >= 15 is 0 Å². The lowest BCUT2D eigenvalue weighted by Crippen LogP contribution is -2.40. The largest absolute Gasteiger partial charge is 0.481 e. The minimum atomic E-state index is -1.09. The van der Waals surface area contributed by atoms with E-state index in [2.05, 4.69) is 26.3 Å². The van der Waals surface area contributed by atoms with Gasteiger partial charge in [0.05, 0.1) is 10.8 Å². The molecule has 0 amide bonds. The highest BCUT2D eigenvalue weighted by Gasteiger charge is 2.44. The number of anilines is 2. The molecule has 7 nitrogen and oxygen atoms in total. The van der Waals surface area contributed by atoms with E-state index in [-0.39, 0.29) is 5.92 Å². The minimum absolute atomic E-state index is 0.172.